The number of furan rings is 1. The number of nitrogens with zero attached hydrogens (tertiary/aromatic N) is 1. The van der Waals surface area contributed by atoms with Gasteiger partial charge in [-0.15, -0.1) is 0 Å². The van der Waals surface area contributed by atoms with Crippen LogP contribution in [0.1, 0.15) is 12.5 Å². The van der Waals surface area contributed by atoms with Gasteiger partial charge in [0.05, 0.1) is 13.4 Å². The fraction of sp³-hybridized carbons (Fsp3) is 0.0769. The Morgan fingerprint density at radius 3 is 2.69 bits per heavy atom. The van der Waals surface area contributed by atoms with Crippen molar-refractivity contribution < 1.29 is 18.5 Å². The van der Waals surface area contributed by atoms with Gasteiger partial charge in [0.25, 0.3) is 0 Å². The molecule has 0 aliphatic carbocycles. The lowest BCUT2D eigenvalue weighted by Gasteiger charge is -2.10. The molecule has 0 fully saturated rings. The van der Waals surface area contributed by atoms with Gasteiger partial charge in [0.15, 0.2) is 5.82 Å². The Labute approximate surface area is 184 Å². The quantitative estimate of drug-likeness (QED) is 0.335. The molecule has 158 valence electrons. The molecule has 3 aromatic carbocycles. The van der Waals surface area contributed by atoms with E-state index in [9.17, 15) is 4.79 Å². The van der Waals surface area contributed by atoms with Crippen LogP contribution in [0, 0.1) is 0 Å². The molecule has 1 N–H and O–H groups in total. The number of aromatic nitrogens is 1. The molecule has 0 aliphatic rings. The molecule has 0 atom stereocenters. The number of carbonyl (C=O) groups excluding carboxylic acids is 1. The lowest BCUT2D eigenvalue weighted by molar-refractivity contribution is -0.111. The first-order valence-corrected chi connectivity index (χ1v) is 10.1. The van der Waals surface area contributed by atoms with Crippen LogP contribution in [0.4, 0.5) is 5.82 Å². The molecular formula is C26H20N2O4. The number of hydrogen-bond acceptors (Lipinski definition) is 5. The summed E-state index contributed by atoms with van der Waals surface area (Å²) in [6.07, 6.45) is 4.67. The SMILES string of the molecule is COc1cc2occ(-c3ccc4ccccc4c3)c2cc1/C(C)=C/C(=O)Nc1ccon1. The minimum Gasteiger partial charge on any atom is -0.496 e. The summed E-state index contributed by atoms with van der Waals surface area (Å²) in [6, 6.07) is 20.0. The van der Waals surface area contributed by atoms with E-state index < -0.39 is 0 Å². The number of nitrogens with one attached hydrogen (secondary N) is 1. The third-order valence-corrected chi connectivity index (χ3v) is 5.42. The Bertz CT molecular complexity index is 1460. The minimum atomic E-state index is -0.305. The molecule has 6 nitrogen and oxygen atoms in total. The van der Waals surface area contributed by atoms with Gasteiger partial charge in [0.2, 0.25) is 5.91 Å². The van der Waals surface area contributed by atoms with E-state index in [2.05, 4.69) is 40.8 Å². The van der Waals surface area contributed by atoms with Crippen LogP contribution in [-0.4, -0.2) is 18.2 Å². The summed E-state index contributed by atoms with van der Waals surface area (Å²) in [7, 11) is 1.60. The molecular weight excluding hydrogens is 404 g/mol. The van der Waals surface area contributed by atoms with Crippen LogP contribution in [0.25, 0.3) is 38.4 Å². The maximum absolute atomic E-state index is 12.4. The highest BCUT2D eigenvalue weighted by Gasteiger charge is 2.15. The van der Waals surface area contributed by atoms with Gasteiger partial charge in [-0.05, 0) is 41.0 Å². The Morgan fingerprint density at radius 2 is 1.91 bits per heavy atom. The van der Waals surface area contributed by atoms with Crippen LogP contribution < -0.4 is 10.1 Å². The zero-order chi connectivity index (χ0) is 22.1. The summed E-state index contributed by atoms with van der Waals surface area (Å²) in [5.74, 6) is 0.676. The highest BCUT2D eigenvalue weighted by atomic mass is 16.5. The second-order valence-electron chi connectivity index (χ2n) is 7.46. The van der Waals surface area contributed by atoms with Crippen molar-refractivity contribution in [2.45, 2.75) is 6.92 Å². The Kier molecular flexibility index (Phi) is 4.95. The summed E-state index contributed by atoms with van der Waals surface area (Å²) >= 11 is 0. The Morgan fingerprint density at radius 1 is 1.06 bits per heavy atom. The molecule has 5 aromatic rings. The molecule has 2 heterocycles. The third kappa shape index (κ3) is 3.63. The predicted molar refractivity (Wildman–Crippen MR) is 124 cm³/mol. The number of carbonyl (C=O) groups is 1. The van der Waals surface area contributed by atoms with Gasteiger partial charge >= 0.3 is 0 Å². The van der Waals surface area contributed by atoms with E-state index in [4.69, 9.17) is 13.7 Å². The number of rotatable bonds is 5. The topological polar surface area (TPSA) is 77.5 Å². The fourth-order valence-corrected chi connectivity index (χ4v) is 3.83. The fourth-order valence-electron chi connectivity index (χ4n) is 3.83. The zero-order valence-electron chi connectivity index (χ0n) is 17.6. The standard InChI is InChI=1S/C26H20N2O4/c1-16(11-26(29)27-25-9-10-32-28-25)20-13-21-22(15-31-24(21)14-23(20)30-2)19-8-7-17-5-3-4-6-18(17)12-19/h3-15H,1-2H3,(H,27,28,29)/b16-11+. The molecule has 5 rings (SSSR count). The van der Waals surface area contributed by atoms with E-state index in [1.165, 1.54) is 17.7 Å². The second kappa shape index (κ2) is 8.07. The summed E-state index contributed by atoms with van der Waals surface area (Å²) in [6.45, 7) is 1.86. The van der Waals surface area contributed by atoms with Crippen molar-refractivity contribution >= 4 is 39.0 Å². The lowest BCUT2D eigenvalue weighted by Crippen LogP contribution is -2.08. The second-order valence-corrected chi connectivity index (χ2v) is 7.46. The van der Waals surface area contributed by atoms with Gasteiger partial charge in [0, 0.05) is 34.7 Å². The molecule has 0 saturated carbocycles. The molecule has 0 bridgehead atoms. The van der Waals surface area contributed by atoms with Gasteiger partial charge in [-0.25, -0.2) is 0 Å². The third-order valence-electron chi connectivity index (χ3n) is 5.42. The van der Waals surface area contributed by atoms with Crippen molar-refractivity contribution in [3.05, 3.63) is 84.8 Å². The molecule has 0 aliphatic heterocycles. The van der Waals surface area contributed by atoms with Crippen molar-refractivity contribution in [1.29, 1.82) is 0 Å². The molecule has 32 heavy (non-hydrogen) atoms. The van der Waals surface area contributed by atoms with Crippen molar-refractivity contribution in [1.82, 2.24) is 5.16 Å². The maximum Gasteiger partial charge on any atom is 0.249 e. The predicted octanol–water partition coefficient (Wildman–Crippen LogP) is 6.29. The highest BCUT2D eigenvalue weighted by molar-refractivity contribution is 6.05. The monoisotopic (exact) mass is 424 g/mol. The van der Waals surface area contributed by atoms with Crippen LogP contribution in [0.2, 0.25) is 0 Å². The minimum absolute atomic E-state index is 0.305. The van der Waals surface area contributed by atoms with Crippen molar-refractivity contribution in [3.8, 4) is 16.9 Å². The number of methoxy groups -OCH3 is 1. The average Bonchev–Trinajstić information content (AvgIpc) is 3.47. The average molecular weight is 424 g/mol. The van der Waals surface area contributed by atoms with Gasteiger partial charge in [-0.3, -0.25) is 4.79 Å². The number of allylic oxidation sites excluding steroid dienone is 1. The first-order chi connectivity index (χ1) is 15.6. The van der Waals surface area contributed by atoms with Crippen molar-refractivity contribution in [3.63, 3.8) is 0 Å². The number of ether oxygens (including phenoxy) is 1. The number of fused-ring (bicyclic) bond motifs is 2. The van der Waals surface area contributed by atoms with Gasteiger partial charge in [0.1, 0.15) is 17.6 Å². The molecule has 2 aromatic heterocycles. The molecule has 0 spiro atoms. The van der Waals surface area contributed by atoms with E-state index in [1.807, 2.05) is 31.2 Å². The largest absolute Gasteiger partial charge is 0.496 e. The van der Waals surface area contributed by atoms with Gasteiger partial charge in [-0.1, -0.05) is 41.6 Å². The first kappa shape index (κ1) is 19.6. The molecule has 0 radical (unpaired) electrons. The van der Waals surface area contributed by atoms with E-state index >= 15 is 0 Å². The Hall–Kier alpha value is -4.32. The Balaban J connectivity index is 1.57. The highest BCUT2D eigenvalue weighted by Crippen LogP contribution is 2.38. The van der Waals surface area contributed by atoms with E-state index in [1.54, 1.807) is 19.4 Å². The number of hydrogen-bond donors (Lipinski definition) is 1. The summed E-state index contributed by atoms with van der Waals surface area (Å²) < 4.78 is 16.2. The van der Waals surface area contributed by atoms with Crippen molar-refractivity contribution in [2.75, 3.05) is 12.4 Å². The van der Waals surface area contributed by atoms with Crippen molar-refractivity contribution in [2.24, 2.45) is 0 Å². The van der Waals surface area contributed by atoms with E-state index in [0.717, 1.165) is 33.0 Å². The van der Waals surface area contributed by atoms with E-state index in [0.29, 0.717) is 17.2 Å². The number of benzene rings is 3. The first-order valence-electron chi connectivity index (χ1n) is 10.1. The van der Waals surface area contributed by atoms with Crippen LogP contribution in [0.3, 0.4) is 0 Å². The summed E-state index contributed by atoms with van der Waals surface area (Å²) in [5.41, 5.74) is 4.31. The van der Waals surface area contributed by atoms with Crippen LogP contribution >= 0.6 is 0 Å². The number of amides is 1. The zero-order valence-corrected chi connectivity index (χ0v) is 17.6. The molecule has 0 saturated heterocycles. The lowest BCUT2D eigenvalue weighted by atomic mass is 9.97. The smallest absolute Gasteiger partial charge is 0.249 e. The van der Waals surface area contributed by atoms with Gasteiger partial charge in [-0.2, -0.15) is 0 Å². The maximum atomic E-state index is 12.4. The van der Waals surface area contributed by atoms with Gasteiger partial charge < -0.3 is 19.0 Å². The van der Waals surface area contributed by atoms with Crippen LogP contribution in [0.15, 0.2) is 88.2 Å². The molecule has 6 heteroatoms. The normalized spacial score (nSPS) is 11.8. The van der Waals surface area contributed by atoms with Crippen LogP contribution in [-0.2, 0) is 4.79 Å². The molecule has 1 amide bonds. The molecule has 0 unspecified atom stereocenters. The van der Waals surface area contributed by atoms with Crippen LogP contribution in [0.5, 0.6) is 5.75 Å². The number of anilines is 1. The summed E-state index contributed by atoms with van der Waals surface area (Å²) in [5, 5.41) is 9.65. The van der Waals surface area contributed by atoms with E-state index in [-0.39, 0.29) is 5.91 Å². The summed E-state index contributed by atoms with van der Waals surface area (Å²) in [4.78, 5) is 12.4.